The molecule has 0 radical (unpaired) electrons. The average molecular weight is 312 g/mol. The molecule has 0 bridgehead atoms. The third-order valence-corrected chi connectivity index (χ3v) is 3.47. The van der Waals surface area contributed by atoms with E-state index in [0.29, 0.717) is 12.1 Å². The van der Waals surface area contributed by atoms with Crippen molar-refractivity contribution in [3.05, 3.63) is 68.5 Å². The lowest BCUT2D eigenvalue weighted by Gasteiger charge is -2.18. The molecule has 2 rings (SSSR count). The maximum absolute atomic E-state index is 12.2. The minimum atomic E-state index is -0.536. The van der Waals surface area contributed by atoms with Gasteiger partial charge in [0.15, 0.2) is 0 Å². The highest BCUT2D eigenvalue weighted by Crippen LogP contribution is 2.07. The van der Waals surface area contributed by atoms with Gasteiger partial charge in [-0.2, -0.15) is 5.26 Å². The second-order valence-electron chi connectivity index (χ2n) is 5.19. The zero-order valence-corrected chi connectivity index (χ0v) is 12.9. The molecule has 1 amide bonds. The summed E-state index contributed by atoms with van der Waals surface area (Å²) in [6.07, 6.45) is 1.31. The lowest BCUT2D eigenvalue weighted by Crippen LogP contribution is -2.40. The Bertz CT molecular complexity index is 889. The fourth-order valence-corrected chi connectivity index (χ4v) is 2.10. The van der Waals surface area contributed by atoms with E-state index in [4.69, 9.17) is 5.26 Å². The Morgan fingerprint density at radius 1 is 1.30 bits per heavy atom. The first-order chi connectivity index (χ1) is 10.9. The van der Waals surface area contributed by atoms with Gasteiger partial charge in [0.2, 0.25) is 5.91 Å². The summed E-state index contributed by atoms with van der Waals surface area (Å²) in [4.78, 5) is 36.9. The van der Waals surface area contributed by atoms with E-state index in [1.807, 2.05) is 12.1 Å². The molecule has 0 fully saturated rings. The van der Waals surface area contributed by atoms with E-state index in [0.717, 1.165) is 10.1 Å². The number of aromatic nitrogens is 2. The SMILES string of the molecule is CN(Cc1cccc(C#N)c1)C(=O)Cn1ccc(=O)n(C)c1=O. The number of benzene rings is 1. The molecule has 7 nitrogen and oxygen atoms in total. The molecule has 118 valence electrons. The maximum Gasteiger partial charge on any atom is 0.331 e. The van der Waals surface area contributed by atoms with E-state index in [2.05, 4.69) is 0 Å². The van der Waals surface area contributed by atoms with Crippen LogP contribution >= 0.6 is 0 Å². The Hall–Kier alpha value is -3.14. The van der Waals surface area contributed by atoms with Gasteiger partial charge in [-0.25, -0.2) is 4.79 Å². The Balaban J connectivity index is 2.12. The number of hydrogen-bond donors (Lipinski definition) is 0. The van der Waals surface area contributed by atoms with Crippen molar-refractivity contribution in [2.45, 2.75) is 13.1 Å². The summed E-state index contributed by atoms with van der Waals surface area (Å²) in [5, 5.41) is 8.88. The van der Waals surface area contributed by atoms with Gasteiger partial charge in [-0.15, -0.1) is 0 Å². The highest BCUT2D eigenvalue weighted by molar-refractivity contribution is 5.75. The minimum Gasteiger partial charge on any atom is -0.340 e. The normalized spacial score (nSPS) is 10.1. The second kappa shape index (κ2) is 6.75. The molecule has 0 N–H and O–H groups in total. The van der Waals surface area contributed by atoms with Crippen LogP contribution in [0.4, 0.5) is 0 Å². The standard InChI is InChI=1S/C16H16N4O3/c1-18(10-13-5-3-4-12(8-13)9-17)15(22)11-20-7-6-14(21)19(2)16(20)23/h3-8H,10-11H2,1-2H3. The first-order valence-electron chi connectivity index (χ1n) is 6.92. The lowest BCUT2D eigenvalue weighted by molar-refractivity contribution is -0.131. The van der Waals surface area contributed by atoms with Crippen molar-refractivity contribution < 1.29 is 4.79 Å². The summed E-state index contributed by atoms with van der Waals surface area (Å²) in [5.41, 5.74) is 0.399. The Labute approximate surface area is 132 Å². The van der Waals surface area contributed by atoms with Gasteiger partial charge in [0.25, 0.3) is 5.56 Å². The van der Waals surface area contributed by atoms with Crippen molar-refractivity contribution in [1.82, 2.24) is 14.0 Å². The molecule has 0 spiro atoms. The predicted octanol–water partition coefficient (Wildman–Crippen LogP) is 0.0773. The highest BCUT2D eigenvalue weighted by atomic mass is 16.2. The Morgan fingerprint density at radius 2 is 2.04 bits per heavy atom. The van der Waals surface area contributed by atoms with E-state index in [1.54, 1.807) is 25.2 Å². The van der Waals surface area contributed by atoms with Gasteiger partial charge in [-0.05, 0) is 17.7 Å². The summed E-state index contributed by atoms with van der Waals surface area (Å²) in [5.74, 6) is -0.270. The Morgan fingerprint density at radius 3 is 2.74 bits per heavy atom. The number of carbonyl (C=O) groups excluding carboxylic acids is 1. The van der Waals surface area contributed by atoms with Crippen molar-refractivity contribution in [3.63, 3.8) is 0 Å². The van der Waals surface area contributed by atoms with Gasteiger partial charge in [-0.1, -0.05) is 12.1 Å². The molecular formula is C16H16N4O3. The van der Waals surface area contributed by atoms with Crippen LogP contribution < -0.4 is 11.2 Å². The monoisotopic (exact) mass is 312 g/mol. The minimum absolute atomic E-state index is 0.151. The van der Waals surface area contributed by atoms with E-state index in [-0.39, 0.29) is 12.5 Å². The molecule has 0 aliphatic heterocycles. The third-order valence-electron chi connectivity index (χ3n) is 3.47. The van der Waals surface area contributed by atoms with Gasteiger partial charge in [0, 0.05) is 32.9 Å². The molecule has 0 atom stereocenters. The molecule has 0 saturated carbocycles. The van der Waals surface area contributed by atoms with Crippen LogP contribution in [0.1, 0.15) is 11.1 Å². The van der Waals surface area contributed by atoms with Gasteiger partial charge in [0.1, 0.15) is 6.54 Å². The summed E-state index contributed by atoms with van der Waals surface area (Å²) in [6, 6.07) is 10.3. The van der Waals surface area contributed by atoms with Crippen LogP contribution in [0, 0.1) is 11.3 Å². The van der Waals surface area contributed by atoms with Crippen molar-refractivity contribution in [2.24, 2.45) is 7.05 Å². The highest BCUT2D eigenvalue weighted by Gasteiger charge is 2.12. The van der Waals surface area contributed by atoms with Gasteiger partial charge >= 0.3 is 5.69 Å². The zero-order chi connectivity index (χ0) is 17.0. The van der Waals surface area contributed by atoms with Gasteiger partial charge in [0.05, 0.1) is 11.6 Å². The smallest absolute Gasteiger partial charge is 0.331 e. The fraction of sp³-hybridized carbons (Fsp3) is 0.250. The predicted molar refractivity (Wildman–Crippen MR) is 83.6 cm³/mol. The number of nitrogens with zero attached hydrogens (tertiary/aromatic N) is 4. The number of rotatable bonds is 4. The summed E-state index contributed by atoms with van der Waals surface area (Å²) in [6.45, 7) is 0.177. The molecule has 7 heteroatoms. The number of carbonyl (C=O) groups is 1. The van der Waals surface area contributed by atoms with Crippen LogP contribution in [0.2, 0.25) is 0 Å². The summed E-state index contributed by atoms with van der Waals surface area (Å²) < 4.78 is 2.13. The average Bonchev–Trinajstić information content (AvgIpc) is 2.55. The molecule has 1 aromatic heterocycles. The molecule has 1 heterocycles. The van der Waals surface area contributed by atoms with Crippen LogP contribution in [0.5, 0.6) is 0 Å². The zero-order valence-electron chi connectivity index (χ0n) is 12.9. The fourth-order valence-electron chi connectivity index (χ4n) is 2.10. The first-order valence-corrected chi connectivity index (χ1v) is 6.92. The lowest BCUT2D eigenvalue weighted by atomic mass is 10.1. The van der Waals surface area contributed by atoms with Crippen molar-refractivity contribution >= 4 is 5.91 Å². The van der Waals surface area contributed by atoms with E-state index in [9.17, 15) is 14.4 Å². The van der Waals surface area contributed by atoms with E-state index >= 15 is 0 Å². The summed E-state index contributed by atoms with van der Waals surface area (Å²) in [7, 11) is 2.98. The largest absolute Gasteiger partial charge is 0.340 e. The molecule has 0 aliphatic rings. The summed E-state index contributed by atoms with van der Waals surface area (Å²) >= 11 is 0. The van der Waals surface area contributed by atoms with Crippen molar-refractivity contribution in [1.29, 1.82) is 5.26 Å². The topological polar surface area (TPSA) is 88.1 Å². The molecule has 0 aliphatic carbocycles. The molecule has 0 unspecified atom stereocenters. The molecular weight excluding hydrogens is 296 g/mol. The van der Waals surface area contributed by atoms with Crippen molar-refractivity contribution in [2.75, 3.05) is 7.05 Å². The van der Waals surface area contributed by atoms with Crippen molar-refractivity contribution in [3.8, 4) is 6.07 Å². The Kier molecular flexibility index (Phi) is 4.76. The molecule has 23 heavy (non-hydrogen) atoms. The van der Waals surface area contributed by atoms with E-state index in [1.165, 1.54) is 28.8 Å². The van der Waals surface area contributed by atoms with Crippen LogP contribution in [0.3, 0.4) is 0 Å². The second-order valence-corrected chi connectivity index (χ2v) is 5.19. The molecule has 0 saturated heterocycles. The van der Waals surface area contributed by atoms with Crippen LogP contribution in [0.15, 0.2) is 46.1 Å². The number of likely N-dealkylation sites (N-methyl/N-ethyl adjacent to an activating group) is 1. The maximum atomic E-state index is 12.2. The number of hydrogen-bond acceptors (Lipinski definition) is 4. The quantitative estimate of drug-likeness (QED) is 0.799. The first kappa shape index (κ1) is 16.2. The van der Waals surface area contributed by atoms with Crippen LogP contribution in [0.25, 0.3) is 0 Å². The van der Waals surface area contributed by atoms with E-state index < -0.39 is 11.2 Å². The van der Waals surface area contributed by atoms with Crippen LogP contribution in [-0.4, -0.2) is 27.0 Å². The third kappa shape index (κ3) is 3.74. The van der Waals surface area contributed by atoms with Crippen LogP contribution in [-0.2, 0) is 24.9 Å². The molecule has 2 aromatic rings. The van der Waals surface area contributed by atoms with Gasteiger partial charge < -0.3 is 4.90 Å². The van der Waals surface area contributed by atoms with Gasteiger partial charge in [-0.3, -0.25) is 18.7 Å². The number of amides is 1. The molecule has 1 aromatic carbocycles. The number of nitriles is 1.